The van der Waals surface area contributed by atoms with E-state index in [9.17, 15) is 14.4 Å². The summed E-state index contributed by atoms with van der Waals surface area (Å²) in [5.41, 5.74) is 6.90. The second-order valence-corrected chi connectivity index (χ2v) is 9.13. The van der Waals surface area contributed by atoms with Crippen LogP contribution in [0.15, 0.2) is 66.7 Å². The highest BCUT2D eigenvalue weighted by atomic mass is 16.2. The second-order valence-electron chi connectivity index (χ2n) is 9.13. The number of fused-ring (bicyclic) bond motifs is 6. The number of benzene rings is 4. The molecule has 0 atom stereocenters. The van der Waals surface area contributed by atoms with E-state index in [0.717, 1.165) is 33.0 Å². The van der Waals surface area contributed by atoms with E-state index in [2.05, 4.69) is 23.3 Å². The fraction of sp³-hybridized carbons (Fsp3) is 0.100. The van der Waals surface area contributed by atoms with Crippen LogP contribution in [0.5, 0.6) is 0 Å². The molecule has 4 aromatic carbocycles. The van der Waals surface area contributed by atoms with Crippen LogP contribution in [0.3, 0.4) is 0 Å². The van der Waals surface area contributed by atoms with Crippen molar-refractivity contribution in [3.05, 3.63) is 111 Å². The molecular formula is C30H22N2O3. The number of H-pyrrole nitrogens is 1. The maximum Gasteiger partial charge on any atom is 0.255 e. The monoisotopic (exact) mass is 458 g/mol. The van der Waals surface area contributed by atoms with Gasteiger partial charge >= 0.3 is 0 Å². The van der Waals surface area contributed by atoms with E-state index in [-0.39, 0.29) is 23.0 Å². The van der Waals surface area contributed by atoms with Gasteiger partial charge in [-0.25, -0.2) is 0 Å². The lowest BCUT2D eigenvalue weighted by Gasteiger charge is -2.21. The van der Waals surface area contributed by atoms with Crippen LogP contribution in [0.25, 0.3) is 21.8 Å². The number of anilines is 1. The highest BCUT2D eigenvalue weighted by Gasteiger charge is 2.35. The van der Waals surface area contributed by atoms with Gasteiger partial charge in [0.2, 0.25) is 0 Å². The zero-order chi connectivity index (χ0) is 24.4. The van der Waals surface area contributed by atoms with Crippen LogP contribution in [-0.4, -0.2) is 22.5 Å². The molecule has 0 radical (unpaired) electrons. The van der Waals surface area contributed by atoms with Crippen molar-refractivity contribution in [3.63, 3.8) is 0 Å². The summed E-state index contributed by atoms with van der Waals surface area (Å²) < 4.78 is 0. The Labute approximate surface area is 201 Å². The van der Waals surface area contributed by atoms with Gasteiger partial charge in [-0.3, -0.25) is 14.4 Å². The molecule has 0 saturated carbocycles. The molecule has 0 aliphatic heterocycles. The second kappa shape index (κ2) is 7.50. The van der Waals surface area contributed by atoms with Gasteiger partial charge in [0.15, 0.2) is 11.6 Å². The van der Waals surface area contributed by atoms with Gasteiger partial charge in [0.25, 0.3) is 5.91 Å². The number of carbonyl (C=O) groups is 3. The number of carbonyl (C=O) groups excluding carboxylic acids is 3. The summed E-state index contributed by atoms with van der Waals surface area (Å²) in [5, 5.41) is 4.74. The zero-order valence-electron chi connectivity index (χ0n) is 19.6. The quantitative estimate of drug-likeness (QED) is 0.321. The van der Waals surface area contributed by atoms with Crippen LogP contribution in [0, 0.1) is 20.8 Å². The first-order chi connectivity index (χ1) is 16.9. The summed E-state index contributed by atoms with van der Waals surface area (Å²) in [6, 6.07) is 19.6. The van der Waals surface area contributed by atoms with Crippen LogP contribution < -0.4 is 5.32 Å². The lowest BCUT2D eigenvalue weighted by molar-refractivity contribution is 0.0979. The Hall–Kier alpha value is -4.51. The van der Waals surface area contributed by atoms with Crippen molar-refractivity contribution in [2.75, 3.05) is 5.32 Å². The highest BCUT2D eigenvalue weighted by molar-refractivity contribution is 6.35. The van der Waals surface area contributed by atoms with Gasteiger partial charge < -0.3 is 10.3 Å². The Morgan fingerprint density at radius 1 is 0.743 bits per heavy atom. The van der Waals surface area contributed by atoms with Crippen LogP contribution >= 0.6 is 0 Å². The van der Waals surface area contributed by atoms with E-state index >= 15 is 0 Å². The molecule has 1 amide bonds. The van der Waals surface area contributed by atoms with Crippen molar-refractivity contribution >= 4 is 45.0 Å². The van der Waals surface area contributed by atoms with Crippen molar-refractivity contribution in [1.82, 2.24) is 4.98 Å². The van der Waals surface area contributed by atoms with E-state index in [1.54, 1.807) is 48.5 Å². The lowest BCUT2D eigenvalue weighted by Crippen LogP contribution is -2.24. The highest BCUT2D eigenvalue weighted by Crippen LogP contribution is 2.41. The third-order valence-corrected chi connectivity index (χ3v) is 7.05. The number of aryl methyl sites for hydroxylation is 3. The van der Waals surface area contributed by atoms with Gasteiger partial charge in [0.1, 0.15) is 0 Å². The average Bonchev–Trinajstić information content (AvgIpc) is 3.26. The molecule has 6 rings (SSSR count). The van der Waals surface area contributed by atoms with Crippen LogP contribution in [0.2, 0.25) is 0 Å². The summed E-state index contributed by atoms with van der Waals surface area (Å²) in [7, 11) is 0. The fourth-order valence-corrected chi connectivity index (χ4v) is 5.21. The number of nitrogens with one attached hydrogen (secondary N) is 2. The number of rotatable bonds is 2. The van der Waals surface area contributed by atoms with E-state index < -0.39 is 0 Å². The van der Waals surface area contributed by atoms with Crippen molar-refractivity contribution < 1.29 is 14.4 Å². The minimum absolute atomic E-state index is 0.226. The third kappa shape index (κ3) is 2.98. The smallest absolute Gasteiger partial charge is 0.255 e. The molecule has 1 aliphatic carbocycles. The molecule has 1 aromatic heterocycles. The Kier molecular flexibility index (Phi) is 4.51. The number of aromatic amines is 1. The van der Waals surface area contributed by atoms with E-state index in [1.165, 1.54) is 0 Å². The fourth-order valence-electron chi connectivity index (χ4n) is 5.21. The largest absolute Gasteiger partial charge is 0.354 e. The minimum Gasteiger partial charge on any atom is -0.354 e. The Balaban J connectivity index is 1.71. The van der Waals surface area contributed by atoms with Crippen LogP contribution in [0.1, 0.15) is 58.9 Å². The molecule has 2 N–H and O–H groups in total. The van der Waals surface area contributed by atoms with Gasteiger partial charge in [0, 0.05) is 33.0 Å². The molecule has 1 heterocycles. The van der Waals surface area contributed by atoms with E-state index in [1.807, 2.05) is 26.0 Å². The molecule has 1 aliphatic rings. The minimum atomic E-state index is -0.338. The van der Waals surface area contributed by atoms with E-state index in [4.69, 9.17) is 0 Å². The molecule has 5 nitrogen and oxygen atoms in total. The van der Waals surface area contributed by atoms with Crippen molar-refractivity contribution in [2.24, 2.45) is 0 Å². The molecule has 0 fully saturated rings. The predicted molar refractivity (Wildman–Crippen MR) is 138 cm³/mol. The van der Waals surface area contributed by atoms with Crippen LogP contribution in [-0.2, 0) is 0 Å². The van der Waals surface area contributed by atoms with Gasteiger partial charge in [-0.2, -0.15) is 0 Å². The first-order valence-electron chi connectivity index (χ1n) is 11.5. The topological polar surface area (TPSA) is 79.0 Å². The first kappa shape index (κ1) is 21.1. The van der Waals surface area contributed by atoms with E-state index in [0.29, 0.717) is 33.5 Å². The summed E-state index contributed by atoms with van der Waals surface area (Å²) >= 11 is 0. The standard InChI is InChI=1S/C30H22N2O3/c1-15-13-16(2)26-23(17(15)3)21-14-22(31-30(35)18-9-5-4-6-10-18)24-25(27(21)32-26)29(34)20-12-8-7-11-19(20)28(24)33/h4-14,32H,1-3H3,(H,31,35). The molecular weight excluding hydrogens is 436 g/mol. The number of hydrogen-bond donors (Lipinski definition) is 2. The molecule has 0 unspecified atom stereocenters. The van der Waals surface area contributed by atoms with Gasteiger partial charge in [-0.05, 0) is 55.7 Å². The number of hydrogen-bond acceptors (Lipinski definition) is 3. The normalized spacial score (nSPS) is 12.7. The van der Waals surface area contributed by atoms with Crippen molar-refractivity contribution in [1.29, 1.82) is 0 Å². The van der Waals surface area contributed by atoms with Gasteiger partial charge in [-0.1, -0.05) is 48.5 Å². The van der Waals surface area contributed by atoms with Crippen LogP contribution in [0.4, 0.5) is 5.69 Å². The maximum absolute atomic E-state index is 13.8. The number of amides is 1. The van der Waals surface area contributed by atoms with Gasteiger partial charge in [-0.15, -0.1) is 0 Å². The Bertz CT molecular complexity index is 1740. The summed E-state index contributed by atoms with van der Waals surface area (Å²) in [6.07, 6.45) is 0. The van der Waals surface area contributed by atoms with Crippen molar-refractivity contribution in [3.8, 4) is 0 Å². The number of aromatic nitrogens is 1. The first-order valence-corrected chi connectivity index (χ1v) is 11.5. The summed E-state index contributed by atoms with van der Waals surface area (Å²) in [6.45, 7) is 6.13. The molecule has 170 valence electrons. The summed E-state index contributed by atoms with van der Waals surface area (Å²) in [4.78, 5) is 44.1. The molecule has 35 heavy (non-hydrogen) atoms. The third-order valence-electron chi connectivity index (χ3n) is 7.05. The molecule has 5 aromatic rings. The molecule has 0 saturated heterocycles. The predicted octanol–water partition coefficient (Wildman–Crippen LogP) is 6.27. The van der Waals surface area contributed by atoms with Gasteiger partial charge in [0.05, 0.1) is 22.3 Å². The molecule has 0 bridgehead atoms. The van der Waals surface area contributed by atoms with Crippen molar-refractivity contribution in [2.45, 2.75) is 20.8 Å². The maximum atomic E-state index is 13.8. The zero-order valence-corrected chi connectivity index (χ0v) is 19.6. The Morgan fingerprint density at radius 2 is 1.37 bits per heavy atom. The SMILES string of the molecule is Cc1cc(C)c2[nH]c3c4c(c(NC(=O)c5ccccc5)cc3c2c1C)C(=O)c1ccccc1C4=O. The number of ketones is 2. The Morgan fingerprint density at radius 3 is 2.06 bits per heavy atom. The average molecular weight is 459 g/mol. The molecule has 5 heteroatoms. The lowest BCUT2D eigenvalue weighted by atomic mass is 9.81. The molecule has 0 spiro atoms. The summed E-state index contributed by atoms with van der Waals surface area (Å²) in [5.74, 6) is -0.839.